The second-order valence-electron chi connectivity index (χ2n) is 7.64. The summed E-state index contributed by atoms with van der Waals surface area (Å²) in [5.74, 6) is 1.13. The van der Waals surface area contributed by atoms with Crippen LogP contribution in [-0.2, 0) is 4.79 Å². The Labute approximate surface area is 129 Å². The summed E-state index contributed by atoms with van der Waals surface area (Å²) in [6.07, 6.45) is 6.94. The van der Waals surface area contributed by atoms with Crippen LogP contribution in [0.5, 0.6) is 0 Å². The lowest BCUT2D eigenvalue weighted by atomic mass is 9.78. The quantitative estimate of drug-likeness (QED) is 0.802. The first-order valence-corrected chi connectivity index (χ1v) is 8.86. The third-order valence-corrected chi connectivity index (χ3v) is 6.08. The molecule has 21 heavy (non-hydrogen) atoms. The van der Waals surface area contributed by atoms with Crippen LogP contribution in [-0.4, -0.2) is 53.5 Å². The molecule has 0 aromatic carbocycles. The van der Waals surface area contributed by atoms with Gasteiger partial charge in [-0.25, -0.2) is 0 Å². The summed E-state index contributed by atoms with van der Waals surface area (Å²) in [5, 5.41) is 0. The molecule has 1 saturated carbocycles. The first-order valence-electron chi connectivity index (χ1n) is 8.86. The Bertz CT molecular complexity index is 386. The number of rotatable bonds is 1. The van der Waals surface area contributed by atoms with Crippen LogP contribution in [0.3, 0.4) is 0 Å². The van der Waals surface area contributed by atoms with E-state index in [1.54, 1.807) is 0 Å². The number of hydrogen-bond donors (Lipinski definition) is 1. The molecule has 2 saturated heterocycles. The van der Waals surface area contributed by atoms with Crippen LogP contribution < -0.4 is 5.73 Å². The van der Waals surface area contributed by atoms with Gasteiger partial charge in [0.2, 0.25) is 5.91 Å². The molecule has 2 N–H and O–H groups in total. The Morgan fingerprint density at radius 2 is 1.90 bits per heavy atom. The van der Waals surface area contributed by atoms with Gasteiger partial charge in [-0.1, -0.05) is 13.3 Å². The van der Waals surface area contributed by atoms with Crippen molar-refractivity contribution in [3.05, 3.63) is 0 Å². The van der Waals surface area contributed by atoms with Crippen LogP contribution in [0.4, 0.5) is 0 Å². The maximum Gasteiger partial charge on any atom is 0.226 e. The molecule has 1 aliphatic carbocycles. The van der Waals surface area contributed by atoms with E-state index in [0.717, 1.165) is 32.4 Å². The van der Waals surface area contributed by atoms with Crippen molar-refractivity contribution in [3.63, 3.8) is 0 Å². The van der Waals surface area contributed by atoms with E-state index >= 15 is 0 Å². The minimum atomic E-state index is 0.175. The lowest BCUT2D eigenvalue weighted by molar-refractivity contribution is -0.144. The molecule has 4 heteroatoms. The van der Waals surface area contributed by atoms with Gasteiger partial charge in [-0.05, 0) is 51.5 Å². The van der Waals surface area contributed by atoms with Gasteiger partial charge in [-0.2, -0.15) is 0 Å². The van der Waals surface area contributed by atoms with Gasteiger partial charge in [0.15, 0.2) is 0 Å². The lowest BCUT2D eigenvalue weighted by Crippen LogP contribution is -2.61. The van der Waals surface area contributed by atoms with Gasteiger partial charge < -0.3 is 10.6 Å². The van der Waals surface area contributed by atoms with Crippen LogP contribution in [0.15, 0.2) is 0 Å². The molecular formula is C17H31N3O. The summed E-state index contributed by atoms with van der Waals surface area (Å²) in [5.41, 5.74) is 6.20. The Hall–Kier alpha value is -0.610. The summed E-state index contributed by atoms with van der Waals surface area (Å²) in [4.78, 5) is 17.7. The van der Waals surface area contributed by atoms with Gasteiger partial charge in [-0.15, -0.1) is 0 Å². The fourth-order valence-corrected chi connectivity index (χ4v) is 4.47. The van der Waals surface area contributed by atoms with Crippen molar-refractivity contribution in [2.75, 3.05) is 19.6 Å². The van der Waals surface area contributed by atoms with Crippen LogP contribution >= 0.6 is 0 Å². The molecule has 2 heterocycles. The fraction of sp³-hybridized carbons (Fsp3) is 0.941. The highest BCUT2D eigenvalue weighted by Crippen LogP contribution is 2.31. The van der Waals surface area contributed by atoms with Crippen LogP contribution in [0, 0.1) is 11.8 Å². The molecule has 3 rings (SSSR count). The zero-order valence-electron chi connectivity index (χ0n) is 13.6. The minimum absolute atomic E-state index is 0.175. The molecule has 5 unspecified atom stereocenters. The number of nitrogens with zero attached hydrogens (tertiary/aromatic N) is 2. The number of hydrogen-bond acceptors (Lipinski definition) is 3. The van der Waals surface area contributed by atoms with Crippen molar-refractivity contribution < 1.29 is 4.79 Å². The summed E-state index contributed by atoms with van der Waals surface area (Å²) in [6.45, 7) is 7.67. The molecule has 0 aromatic rings. The molecule has 5 atom stereocenters. The molecule has 2 aliphatic heterocycles. The van der Waals surface area contributed by atoms with Gasteiger partial charge in [-0.3, -0.25) is 9.69 Å². The van der Waals surface area contributed by atoms with Crippen molar-refractivity contribution in [1.82, 2.24) is 9.80 Å². The summed E-state index contributed by atoms with van der Waals surface area (Å²) in [6, 6.07) is 1.18. The van der Waals surface area contributed by atoms with E-state index in [4.69, 9.17) is 5.73 Å². The van der Waals surface area contributed by atoms with E-state index in [1.165, 1.54) is 25.8 Å². The number of fused-ring (bicyclic) bond motifs is 1. The standard InChI is InChI=1S/C17H31N3O/c1-12-6-7-14(9-16(12)18)17(21)20-11-15-5-3-4-8-19(15)10-13(20)2/h12-16H,3-11,18H2,1-2H3. The molecule has 3 aliphatic rings. The normalized spacial score (nSPS) is 41.7. The number of amides is 1. The number of piperazine rings is 1. The van der Waals surface area contributed by atoms with E-state index in [9.17, 15) is 4.79 Å². The zero-order chi connectivity index (χ0) is 15.0. The third kappa shape index (κ3) is 3.11. The van der Waals surface area contributed by atoms with Crippen LogP contribution in [0.1, 0.15) is 52.4 Å². The number of carbonyl (C=O) groups excluding carboxylic acids is 1. The zero-order valence-corrected chi connectivity index (χ0v) is 13.6. The van der Waals surface area contributed by atoms with Gasteiger partial charge in [0.05, 0.1) is 0 Å². The molecule has 1 amide bonds. The highest BCUT2D eigenvalue weighted by Gasteiger charge is 2.39. The Kier molecular flexibility index (Phi) is 4.55. The van der Waals surface area contributed by atoms with E-state index in [1.807, 2.05) is 0 Å². The number of nitrogens with two attached hydrogens (primary N) is 1. The van der Waals surface area contributed by atoms with E-state index in [0.29, 0.717) is 23.9 Å². The highest BCUT2D eigenvalue weighted by atomic mass is 16.2. The van der Waals surface area contributed by atoms with E-state index in [2.05, 4.69) is 23.6 Å². The minimum Gasteiger partial charge on any atom is -0.337 e. The van der Waals surface area contributed by atoms with Crippen molar-refractivity contribution in [2.45, 2.75) is 70.5 Å². The highest BCUT2D eigenvalue weighted by molar-refractivity contribution is 5.79. The molecule has 0 bridgehead atoms. The second-order valence-corrected chi connectivity index (χ2v) is 7.64. The van der Waals surface area contributed by atoms with Gasteiger partial charge in [0.25, 0.3) is 0 Å². The Balaban J connectivity index is 1.64. The third-order valence-electron chi connectivity index (χ3n) is 6.08. The first kappa shape index (κ1) is 15.3. The number of piperidine rings is 1. The van der Waals surface area contributed by atoms with E-state index in [-0.39, 0.29) is 12.0 Å². The molecule has 120 valence electrons. The average Bonchev–Trinajstić information content (AvgIpc) is 2.48. The molecule has 4 nitrogen and oxygen atoms in total. The summed E-state index contributed by atoms with van der Waals surface area (Å²) >= 11 is 0. The molecule has 0 radical (unpaired) electrons. The molecule has 0 aromatic heterocycles. The monoisotopic (exact) mass is 293 g/mol. The maximum atomic E-state index is 12.9. The summed E-state index contributed by atoms with van der Waals surface area (Å²) < 4.78 is 0. The summed E-state index contributed by atoms with van der Waals surface area (Å²) in [7, 11) is 0. The fourth-order valence-electron chi connectivity index (χ4n) is 4.47. The van der Waals surface area contributed by atoms with Crippen LogP contribution in [0.2, 0.25) is 0 Å². The van der Waals surface area contributed by atoms with E-state index < -0.39 is 0 Å². The smallest absolute Gasteiger partial charge is 0.226 e. The first-order chi connectivity index (χ1) is 10.1. The lowest BCUT2D eigenvalue weighted by Gasteiger charge is -2.48. The second kappa shape index (κ2) is 6.25. The van der Waals surface area contributed by atoms with Crippen molar-refractivity contribution in [1.29, 1.82) is 0 Å². The average molecular weight is 293 g/mol. The Morgan fingerprint density at radius 3 is 2.67 bits per heavy atom. The topological polar surface area (TPSA) is 49.6 Å². The maximum absolute atomic E-state index is 12.9. The van der Waals surface area contributed by atoms with Gasteiger partial charge >= 0.3 is 0 Å². The van der Waals surface area contributed by atoms with Crippen molar-refractivity contribution in [3.8, 4) is 0 Å². The molecule has 3 fully saturated rings. The predicted octanol–water partition coefficient (Wildman–Crippen LogP) is 1.84. The van der Waals surface area contributed by atoms with Crippen molar-refractivity contribution >= 4 is 5.91 Å². The van der Waals surface area contributed by atoms with Gasteiger partial charge in [0, 0.05) is 37.1 Å². The van der Waals surface area contributed by atoms with Crippen molar-refractivity contribution in [2.24, 2.45) is 17.6 Å². The Morgan fingerprint density at radius 1 is 1.10 bits per heavy atom. The molecule has 0 spiro atoms. The predicted molar refractivity (Wildman–Crippen MR) is 84.9 cm³/mol. The number of carbonyl (C=O) groups is 1. The van der Waals surface area contributed by atoms with Crippen LogP contribution in [0.25, 0.3) is 0 Å². The largest absolute Gasteiger partial charge is 0.337 e. The van der Waals surface area contributed by atoms with Gasteiger partial charge in [0.1, 0.15) is 0 Å². The molecular weight excluding hydrogens is 262 g/mol. The SMILES string of the molecule is CC1CCC(C(=O)N2CC3CCCCN3CC2C)CC1N.